The second-order valence-electron chi connectivity index (χ2n) is 4.81. The molecule has 2 aromatic carbocycles. The second kappa shape index (κ2) is 5.33. The quantitative estimate of drug-likeness (QED) is 0.871. The number of rotatable bonds is 3. The minimum absolute atomic E-state index is 0.665. The number of nitrogens with zero attached hydrogens (tertiary/aromatic N) is 1. The number of fused-ring (bicyclic) bond motifs is 1. The number of para-hydroxylation sites is 2. The van der Waals surface area contributed by atoms with Crippen LogP contribution in [-0.2, 0) is 6.54 Å². The van der Waals surface area contributed by atoms with Gasteiger partial charge in [-0.1, -0.05) is 18.2 Å². The van der Waals surface area contributed by atoms with Crippen molar-refractivity contribution in [2.24, 2.45) is 0 Å². The molecule has 1 aliphatic rings. The molecule has 1 aliphatic heterocycles. The van der Waals surface area contributed by atoms with Crippen molar-refractivity contribution in [2.75, 3.05) is 30.9 Å². The summed E-state index contributed by atoms with van der Waals surface area (Å²) in [6.07, 6.45) is 0. The highest BCUT2D eigenvalue weighted by molar-refractivity contribution is 5.60. The summed E-state index contributed by atoms with van der Waals surface area (Å²) in [5, 5.41) is 0. The molecule has 4 nitrogen and oxygen atoms in total. The average Bonchev–Trinajstić information content (AvgIpc) is 2.49. The van der Waals surface area contributed by atoms with E-state index in [1.807, 2.05) is 36.4 Å². The number of anilines is 2. The zero-order valence-electron chi connectivity index (χ0n) is 11.5. The third kappa shape index (κ3) is 2.37. The van der Waals surface area contributed by atoms with Crippen molar-refractivity contribution >= 4 is 11.4 Å². The van der Waals surface area contributed by atoms with Gasteiger partial charge in [-0.3, -0.25) is 0 Å². The number of nitrogen functional groups attached to an aromatic ring is 1. The Bertz CT molecular complexity index is 613. The zero-order chi connectivity index (χ0) is 13.9. The molecule has 0 fully saturated rings. The van der Waals surface area contributed by atoms with Crippen LogP contribution in [0.3, 0.4) is 0 Å². The highest BCUT2D eigenvalue weighted by Crippen LogP contribution is 2.32. The SMILES string of the molecule is COc1cc(CN2CCOc3ccccc32)ccc1N. The van der Waals surface area contributed by atoms with Crippen LogP contribution in [-0.4, -0.2) is 20.3 Å². The van der Waals surface area contributed by atoms with E-state index < -0.39 is 0 Å². The molecule has 0 aromatic heterocycles. The van der Waals surface area contributed by atoms with E-state index in [0.717, 1.165) is 30.3 Å². The van der Waals surface area contributed by atoms with Crippen molar-refractivity contribution in [1.82, 2.24) is 0 Å². The van der Waals surface area contributed by atoms with Crippen LogP contribution in [0.25, 0.3) is 0 Å². The van der Waals surface area contributed by atoms with Crippen LogP contribution in [0.15, 0.2) is 42.5 Å². The van der Waals surface area contributed by atoms with Crippen molar-refractivity contribution in [3.05, 3.63) is 48.0 Å². The van der Waals surface area contributed by atoms with Crippen molar-refractivity contribution in [3.8, 4) is 11.5 Å². The molecule has 0 radical (unpaired) electrons. The molecule has 104 valence electrons. The average molecular weight is 270 g/mol. The Morgan fingerprint density at radius 1 is 1.25 bits per heavy atom. The van der Waals surface area contributed by atoms with Crippen LogP contribution >= 0.6 is 0 Å². The number of methoxy groups -OCH3 is 1. The molecule has 0 bridgehead atoms. The van der Waals surface area contributed by atoms with Gasteiger partial charge in [-0.05, 0) is 29.8 Å². The van der Waals surface area contributed by atoms with E-state index in [9.17, 15) is 0 Å². The molecular weight excluding hydrogens is 252 g/mol. The Kier molecular flexibility index (Phi) is 3.37. The van der Waals surface area contributed by atoms with Crippen LogP contribution in [0.4, 0.5) is 11.4 Å². The predicted molar refractivity (Wildman–Crippen MR) is 80.4 cm³/mol. The fourth-order valence-electron chi connectivity index (χ4n) is 2.47. The molecule has 0 saturated carbocycles. The highest BCUT2D eigenvalue weighted by atomic mass is 16.5. The Balaban J connectivity index is 1.85. The van der Waals surface area contributed by atoms with Crippen molar-refractivity contribution in [3.63, 3.8) is 0 Å². The summed E-state index contributed by atoms with van der Waals surface area (Å²) in [5.74, 6) is 1.67. The molecule has 2 aromatic rings. The minimum atomic E-state index is 0.665. The molecule has 0 saturated heterocycles. The molecule has 0 atom stereocenters. The van der Waals surface area contributed by atoms with Gasteiger partial charge in [0.15, 0.2) is 0 Å². The zero-order valence-corrected chi connectivity index (χ0v) is 11.5. The van der Waals surface area contributed by atoms with Crippen molar-refractivity contribution in [1.29, 1.82) is 0 Å². The Morgan fingerprint density at radius 2 is 2.10 bits per heavy atom. The fraction of sp³-hybridized carbons (Fsp3) is 0.250. The van der Waals surface area contributed by atoms with Gasteiger partial charge in [0.2, 0.25) is 0 Å². The van der Waals surface area contributed by atoms with Crippen LogP contribution in [0.5, 0.6) is 11.5 Å². The van der Waals surface area contributed by atoms with Gasteiger partial charge >= 0.3 is 0 Å². The maximum atomic E-state index is 5.85. The van der Waals surface area contributed by atoms with Gasteiger partial charge in [0.1, 0.15) is 18.1 Å². The number of hydrogen-bond donors (Lipinski definition) is 1. The van der Waals surface area contributed by atoms with Gasteiger partial charge < -0.3 is 20.1 Å². The summed E-state index contributed by atoms with van der Waals surface area (Å²) in [7, 11) is 1.64. The van der Waals surface area contributed by atoms with Gasteiger partial charge in [0, 0.05) is 6.54 Å². The maximum absolute atomic E-state index is 5.85. The number of ether oxygens (including phenoxy) is 2. The van der Waals surface area contributed by atoms with E-state index in [1.165, 1.54) is 5.56 Å². The highest BCUT2D eigenvalue weighted by Gasteiger charge is 2.17. The third-order valence-electron chi connectivity index (χ3n) is 3.50. The van der Waals surface area contributed by atoms with Gasteiger partial charge in [0.25, 0.3) is 0 Å². The number of benzene rings is 2. The molecule has 3 rings (SSSR count). The van der Waals surface area contributed by atoms with Gasteiger partial charge in [0.05, 0.1) is 25.0 Å². The molecule has 0 amide bonds. The number of hydrogen-bond acceptors (Lipinski definition) is 4. The first-order valence-electron chi connectivity index (χ1n) is 6.67. The first-order chi connectivity index (χ1) is 9.78. The Hall–Kier alpha value is -2.36. The van der Waals surface area contributed by atoms with E-state index in [-0.39, 0.29) is 0 Å². The Labute approximate surface area is 118 Å². The van der Waals surface area contributed by atoms with E-state index in [0.29, 0.717) is 12.3 Å². The van der Waals surface area contributed by atoms with Gasteiger partial charge in [-0.15, -0.1) is 0 Å². The standard InChI is InChI=1S/C16H18N2O2/c1-19-16-10-12(6-7-13(16)17)11-18-8-9-20-15-5-3-2-4-14(15)18/h2-7,10H,8-9,11,17H2,1H3. The Morgan fingerprint density at radius 3 is 2.95 bits per heavy atom. The molecule has 1 heterocycles. The fourth-order valence-corrected chi connectivity index (χ4v) is 2.47. The largest absolute Gasteiger partial charge is 0.495 e. The lowest BCUT2D eigenvalue weighted by Gasteiger charge is -2.31. The van der Waals surface area contributed by atoms with E-state index in [4.69, 9.17) is 15.2 Å². The van der Waals surface area contributed by atoms with Gasteiger partial charge in [-0.25, -0.2) is 0 Å². The van der Waals surface area contributed by atoms with Crippen LogP contribution in [0.1, 0.15) is 5.56 Å². The van der Waals surface area contributed by atoms with Crippen LogP contribution in [0, 0.1) is 0 Å². The van der Waals surface area contributed by atoms with Gasteiger partial charge in [-0.2, -0.15) is 0 Å². The molecule has 0 unspecified atom stereocenters. The summed E-state index contributed by atoms with van der Waals surface area (Å²) < 4.78 is 10.9. The molecule has 0 spiro atoms. The summed E-state index contributed by atoms with van der Waals surface area (Å²) in [6.45, 7) is 2.41. The predicted octanol–water partition coefficient (Wildman–Crippen LogP) is 2.68. The first kappa shape index (κ1) is 12.7. The number of nitrogens with two attached hydrogens (primary N) is 1. The summed E-state index contributed by atoms with van der Waals surface area (Å²) in [6, 6.07) is 14.0. The van der Waals surface area contributed by atoms with Crippen molar-refractivity contribution < 1.29 is 9.47 Å². The lowest BCUT2D eigenvalue weighted by Crippen LogP contribution is -2.32. The molecule has 20 heavy (non-hydrogen) atoms. The third-order valence-corrected chi connectivity index (χ3v) is 3.50. The van der Waals surface area contributed by atoms with E-state index in [2.05, 4.69) is 11.0 Å². The molecular formula is C16H18N2O2. The minimum Gasteiger partial charge on any atom is -0.495 e. The normalized spacial score (nSPS) is 13.6. The molecule has 0 aliphatic carbocycles. The first-order valence-corrected chi connectivity index (χ1v) is 6.67. The molecule has 4 heteroatoms. The summed E-state index contributed by atoms with van der Waals surface area (Å²) in [4.78, 5) is 2.31. The smallest absolute Gasteiger partial charge is 0.142 e. The lowest BCUT2D eigenvalue weighted by atomic mass is 10.1. The lowest BCUT2D eigenvalue weighted by molar-refractivity contribution is 0.307. The molecule has 2 N–H and O–H groups in total. The summed E-state index contributed by atoms with van der Waals surface area (Å²) in [5.41, 5.74) is 8.82. The second-order valence-corrected chi connectivity index (χ2v) is 4.81. The van der Waals surface area contributed by atoms with Crippen LogP contribution in [0.2, 0.25) is 0 Å². The maximum Gasteiger partial charge on any atom is 0.142 e. The monoisotopic (exact) mass is 270 g/mol. The topological polar surface area (TPSA) is 47.7 Å². The van der Waals surface area contributed by atoms with Crippen molar-refractivity contribution in [2.45, 2.75) is 6.54 Å². The van der Waals surface area contributed by atoms with E-state index >= 15 is 0 Å². The summed E-state index contributed by atoms with van der Waals surface area (Å²) >= 11 is 0. The van der Waals surface area contributed by atoms with Crippen LogP contribution < -0.4 is 20.1 Å². The van der Waals surface area contributed by atoms with E-state index in [1.54, 1.807) is 7.11 Å².